The minimum atomic E-state index is 0.740. The van der Waals surface area contributed by atoms with Crippen molar-refractivity contribution in [2.24, 2.45) is 0 Å². The molecule has 2 aromatic heterocycles. The number of nitrogens with zero attached hydrogens (tertiary/aromatic N) is 1. The molecule has 3 rings (SSSR count). The number of aromatic nitrogens is 1. The van der Waals surface area contributed by atoms with Crippen molar-refractivity contribution in [1.82, 2.24) is 10.3 Å². The third kappa shape index (κ3) is 3.43. The summed E-state index contributed by atoms with van der Waals surface area (Å²) < 4.78 is 6.53. The summed E-state index contributed by atoms with van der Waals surface area (Å²) in [5, 5.41) is 4.52. The summed E-state index contributed by atoms with van der Waals surface area (Å²) in [7, 11) is 1.68. The van der Waals surface area contributed by atoms with Crippen molar-refractivity contribution in [2.45, 2.75) is 13.1 Å². The predicted octanol–water partition coefficient (Wildman–Crippen LogP) is 4.36. The number of hydrogen-bond acceptors (Lipinski definition) is 4. The molecule has 0 atom stereocenters. The Morgan fingerprint density at radius 2 is 2.05 bits per heavy atom. The first kappa shape index (κ1) is 14.5. The quantitative estimate of drug-likeness (QED) is 0.732. The molecule has 1 aromatic carbocycles. The van der Waals surface area contributed by atoms with E-state index < -0.39 is 0 Å². The number of pyridine rings is 1. The number of fused-ring (bicyclic) bond motifs is 1. The van der Waals surface area contributed by atoms with Crippen LogP contribution < -0.4 is 10.1 Å². The SMILES string of the molecule is COc1cccc2ccc(CNCc3ccc(Br)s3)nc12. The normalized spacial score (nSPS) is 11.0. The van der Waals surface area contributed by atoms with Crippen LogP contribution in [-0.4, -0.2) is 12.1 Å². The van der Waals surface area contributed by atoms with Gasteiger partial charge in [0.25, 0.3) is 0 Å². The maximum atomic E-state index is 5.37. The summed E-state index contributed by atoms with van der Waals surface area (Å²) in [6.45, 7) is 1.59. The maximum Gasteiger partial charge on any atom is 0.145 e. The van der Waals surface area contributed by atoms with E-state index in [2.05, 4.69) is 50.5 Å². The van der Waals surface area contributed by atoms with Crippen LogP contribution in [0.4, 0.5) is 0 Å². The summed E-state index contributed by atoms with van der Waals surface area (Å²) in [6, 6.07) is 14.3. The lowest BCUT2D eigenvalue weighted by Crippen LogP contribution is -2.12. The van der Waals surface area contributed by atoms with E-state index in [-0.39, 0.29) is 0 Å². The third-order valence-corrected chi connectivity index (χ3v) is 4.82. The highest BCUT2D eigenvalue weighted by Gasteiger charge is 2.04. The Labute approximate surface area is 136 Å². The number of ether oxygens (including phenoxy) is 1. The molecule has 0 bridgehead atoms. The summed E-state index contributed by atoms with van der Waals surface area (Å²) in [5.74, 6) is 0.816. The summed E-state index contributed by atoms with van der Waals surface area (Å²) >= 11 is 5.22. The number of methoxy groups -OCH3 is 1. The molecule has 0 fully saturated rings. The van der Waals surface area contributed by atoms with Gasteiger partial charge in [-0.1, -0.05) is 18.2 Å². The van der Waals surface area contributed by atoms with E-state index in [1.54, 1.807) is 18.4 Å². The zero-order valence-electron chi connectivity index (χ0n) is 11.6. The van der Waals surface area contributed by atoms with Gasteiger partial charge in [-0.3, -0.25) is 0 Å². The van der Waals surface area contributed by atoms with E-state index in [1.807, 2.05) is 18.2 Å². The highest BCUT2D eigenvalue weighted by molar-refractivity contribution is 9.11. The van der Waals surface area contributed by atoms with Crippen LogP contribution in [0.1, 0.15) is 10.6 Å². The molecule has 5 heteroatoms. The van der Waals surface area contributed by atoms with E-state index in [0.717, 1.165) is 39.2 Å². The minimum Gasteiger partial charge on any atom is -0.494 e. The van der Waals surface area contributed by atoms with Crippen molar-refractivity contribution in [3.63, 3.8) is 0 Å². The maximum absolute atomic E-state index is 5.37. The molecule has 2 heterocycles. The van der Waals surface area contributed by atoms with E-state index in [4.69, 9.17) is 4.74 Å². The van der Waals surface area contributed by atoms with Crippen molar-refractivity contribution < 1.29 is 4.74 Å². The average Bonchev–Trinajstić information content (AvgIpc) is 2.92. The van der Waals surface area contributed by atoms with Gasteiger partial charge in [-0.15, -0.1) is 11.3 Å². The molecule has 0 aliphatic carbocycles. The van der Waals surface area contributed by atoms with Crippen LogP contribution in [0.2, 0.25) is 0 Å². The number of benzene rings is 1. The Hall–Kier alpha value is -1.43. The summed E-state index contributed by atoms with van der Waals surface area (Å²) in [5.41, 5.74) is 1.93. The van der Waals surface area contributed by atoms with Crippen molar-refractivity contribution >= 4 is 38.2 Å². The van der Waals surface area contributed by atoms with Crippen LogP contribution >= 0.6 is 27.3 Å². The van der Waals surface area contributed by atoms with Gasteiger partial charge in [-0.2, -0.15) is 0 Å². The molecule has 0 saturated carbocycles. The fourth-order valence-electron chi connectivity index (χ4n) is 2.18. The lowest BCUT2D eigenvalue weighted by atomic mass is 10.2. The molecule has 108 valence electrons. The van der Waals surface area contributed by atoms with Crippen molar-refractivity contribution in [3.05, 3.63) is 56.8 Å². The summed E-state index contributed by atoms with van der Waals surface area (Å²) in [4.78, 5) is 5.99. The molecule has 0 aliphatic heterocycles. The first-order chi connectivity index (χ1) is 10.3. The Morgan fingerprint density at radius 3 is 2.81 bits per heavy atom. The van der Waals surface area contributed by atoms with E-state index in [1.165, 1.54) is 4.88 Å². The second-order valence-corrected chi connectivity index (χ2v) is 7.19. The van der Waals surface area contributed by atoms with Crippen LogP contribution in [0.5, 0.6) is 5.75 Å². The van der Waals surface area contributed by atoms with Gasteiger partial charge in [0.1, 0.15) is 11.3 Å². The lowest BCUT2D eigenvalue weighted by Gasteiger charge is -2.07. The van der Waals surface area contributed by atoms with Crippen LogP contribution in [0.25, 0.3) is 10.9 Å². The van der Waals surface area contributed by atoms with Gasteiger partial charge in [0.15, 0.2) is 0 Å². The van der Waals surface area contributed by atoms with Gasteiger partial charge in [0.05, 0.1) is 16.6 Å². The van der Waals surface area contributed by atoms with Gasteiger partial charge >= 0.3 is 0 Å². The number of para-hydroxylation sites is 1. The Morgan fingerprint density at radius 1 is 1.14 bits per heavy atom. The average molecular weight is 363 g/mol. The molecule has 0 radical (unpaired) electrons. The Kier molecular flexibility index (Phi) is 4.53. The van der Waals surface area contributed by atoms with Crippen LogP contribution in [0.3, 0.4) is 0 Å². The van der Waals surface area contributed by atoms with E-state index in [9.17, 15) is 0 Å². The number of thiophene rings is 1. The summed E-state index contributed by atoms with van der Waals surface area (Å²) in [6.07, 6.45) is 0. The van der Waals surface area contributed by atoms with Gasteiger partial charge in [-0.05, 0) is 40.2 Å². The molecule has 3 aromatic rings. The van der Waals surface area contributed by atoms with Crippen molar-refractivity contribution in [1.29, 1.82) is 0 Å². The van der Waals surface area contributed by atoms with Gasteiger partial charge in [0.2, 0.25) is 0 Å². The molecular formula is C16H15BrN2OS. The molecule has 21 heavy (non-hydrogen) atoms. The van der Waals surface area contributed by atoms with Crippen molar-refractivity contribution in [3.8, 4) is 5.75 Å². The highest BCUT2D eigenvalue weighted by atomic mass is 79.9. The number of halogens is 1. The molecule has 0 unspecified atom stereocenters. The molecule has 0 spiro atoms. The molecule has 0 saturated heterocycles. The Balaban J connectivity index is 1.72. The standard InChI is InChI=1S/C16H15BrN2OS/c1-20-14-4-2-3-11-5-6-12(19-16(11)14)9-18-10-13-7-8-15(17)21-13/h2-8,18H,9-10H2,1H3. The monoisotopic (exact) mass is 362 g/mol. The van der Waals surface area contributed by atoms with Gasteiger partial charge < -0.3 is 10.1 Å². The fourth-order valence-corrected chi connectivity index (χ4v) is 3.64. The zero-order chi connectivity index (χ0) is 14.7. The lowest BCUT2D eigenvalue weighted by molar-refractivity contribution is 0.418. The third-order valence-electron chi connectivity index (χ3n) is 3.20. The number of nitrogens with one attached hydrogen (secondary N) is 1. The molecule has 1 N–H and O–H groups in total. The molecular weight excluding hydrogens is 348 g/mol. The van der Waals surface area contributed by atoms with Crippen molar-refractivity contribution in [2.75, 3.05) is 7.11 Å². The fraction of sp³-hybridized carbons (Fsp3) is 0.188. The number of rotatable bonds is 5. The minimum absolute atomic E-state index is 0.740. The second kappa shape index (κ2) is 6.56. The number of hydrogen-bond donors (Lipinski definition) is 1. The zero-order valence-corrected chi connectivity index (χ0v) is 14.0. The topological polar surface area (TPSA) is 34.1 Å². The smallest absolute Gasteiger partial charge is 0.145 e. The van der Waals surface area contributed by atoms with Crippen LogP contribution in [0.15, 0.2) is 46.3 Å². The largest absolute Gasteiger partial charge is 0.494 e. The van der Waals surface area contributed by atoms with Crippen LogP contribution in [-0.2, 0) is 13.1 Å². The first-order valence-corrected chi connectivity index (χ1v) is 8.25. The predicted molar refractivity (Wildman–Crippen MR) is 90.9 cm³/mol. The van der Waals surface area contributed by atoms with E-state index >= 15 is 0 Å². The second-order valence-electron chi connectivity index (χ2n) is 4.64. The van der Waals surface area contributed by atoms with Gasteiger partial charge in [0, 0.05) is 23.4 Å². The van der Waals surface area contributed by atoms with Crippen LogP contribution in [0, 0.1) is 0 Å². The van der Waals surface area contributed by atoms with E-state index in [0.29, 0.717) is 0 Å². The Bertz CT molecular complexity index is 757. The molecule has 0 aliphatic rings. The first-order valence-electron chi connectivity index (χ1n) is 6.64. The molecule has 0 amide bonds. The molecule has 3 nitrogen and oxygen atoms in total. The highest BCUT2D eigenvalue weighted by Crippen LogP contribution is 2.24. The van der Waals surface area contributed by atoms with Gasteiger partial charge in [-0.25, -0.2) is 4.98 Å².